The molecule has 0 bridgehead atoms. The van der Waals surface area contributed by atoms with E-state index in [1.165, 1.54) is 6.33 Å². The van der Waals surface area contributed by atoms with Gasteiger partial charge in [0.15, 0.2) is 11.5 Å². The molecule has 114 valence electrons. The van der Waals surface area contributed by atoms with Crippen molar-refractivity contribution >= 4 is 17.0 Å². The van der Waals surface area contributed by atoms with Crippen LogP contribution in [0.25, 0.3) is 11.2 Å². The molecule has 1 saturated heterocycles. The van der Waals surface area contributed by atoms with Gasteiger partial charge in [0.2, 0.25) is 0 Å². The first kappa shape index (κ1) is 14.2. The summed E-state index contributed by atoms with van der Waals surface area (Å²) in [4.78, 5) is 12.4. The zero-order valence-corrected chi connectivity index (χ0v) is 12.3. The monoisotopic (exact) mass is 291 g/mol. The van der Waals surface area contributed by atoms with Crippen LogP contribution in [0.15, 0.2) is 12.7 Å². The van der Waals surface area contributed by atoms with E-state index in [2.05, 4.69) is 21.9 Å². The van der Waals surface area contributed by atoms with Crippen LogP contribution in [0.1, 0.15) is 39.3 Å². The minimum Gasteiger partial charge on any atom is -0.390 e. The zero-order valence-electron chi connectivity index (χ0n) is 12.3. The van der Waals surface area contributed by atoms with Gasteiger partial charge >= 0.3 is 0 Å². The molecule has 0 spiro atoms. The molecule has 0 amide bonds. The molecule has 1 fully saturated rings. The fourth-order valence-electron chi connectivity index (χ4n) is 2.91. The lowest BCUT2D eigenvalue weighted by molar-refractivity contribution is -0.0242. The number of rotatable bonds is 4. The van der Waals surface area contributed by atoms with Crippen molar-refractivity contribution in [3.63, 3.8) is 0 Å². The minimum atomic E-state index is -0.474. The molecule has 7 heteroatoms. The van der Waals surface area contributed by atoms with Gasteiger partial charge in [0.25, 0.3) is 0 Å². The fraction of sp³-hybridized carbons (Fsp3) is 0.643. The summed E-state index contributed by atoms with van der Waals surface area (Å²) in [7, 11) is 0. The number of imidazole rings is 1. The van der Waals surface area contributed by atoms with Crippen molar-refractivity contribution in [1.82, 2.24) is 19.5 Å². The molecule has 2 aromatic heterocycles. The maximum atomic E-state index is 10.4. The lowest BCUT2D eigenvalue weighted by Gasteiger charge is -2.17. The number of nitrogens with zero attached hydrogens (tertiary/aromatic N) is 4. The molecule has 3 rings (SSSR count). The Bertz CT molecular complexity index is 629. The summed E-state index contributed by atoms with van der Waals surface area (Å²) < 4.78 is 7.89. The smallest absolute Gasteiger partial charge is 0.167 e. The minimum absolute atomic E-state index is 0.0274. The second kappa shape index (κ2) is 5.57. The molecule has 4 atom stereocenters. The van der Waals surface area contributed by atoms with Gasteiger partial charge in [-0.1, -0.05) is 26.7 Å². The molecule has 2 aromatic rings. The van der Waals surface area contributed by atoms with Gasteiger partial charge in [-0.3, -0.25) is 4.57 Å². The number of fused-ring (bicyclic) bond motifs is 1. The van der Waals surface area contributed by atoms with Crippen molar-refractivity contribution in [2.24, 2.45) is 5.92 Å². The summed E-state index contributed by atoms with van der Waals surface area (Å²) >= 11 is 0. The van der Waals surface area contributed by atoms with E-state index >= 15 is 0 Å². The molecule has 3 heterocycles. The van der Waals surface area contributed by atoms with Crippen LogP contribution in [0, 0.1) is 5.92 Å². The standard InChI is InChI=1S/C14H21N5O2/c1-3-4-5-9-11(20)8(2)14(21-9)19-7-18-10-12(15)16-6-17-13(10)19/h6-9,11,14,20H,3-5H2,1-2H3,(H2,15,16,17)/t8-,9-,11+,14-/m1/s1. The van der Waals surface area contributed by atoms with Gasteiger partial charge < -0.3 is 15.6 Å². The normalized spacial score (nSPS) is 29.3. The van der Waals surface area contributed by atoms with Crippen LogP contribution in [0.2, 0.25) is 0 Å². The average molecular weight is 291 g/mol. The molecular formula is C14H21N5O2. The van der Waals surface area contributed by atoms with E-state index in [0.717, 1.165) is 19.3 Å². The van der Waals surface area contributed by atoms with Crippen LogP contribution >= 0.6 is 0 Å². The molecule has 0 unspecified atom stereocenters. The summed E-state index contributed by atoms with van der Waals surface area (Å²) in [5.74, 6) is 0.327. The first-order chi connectivity index (χ1) is 10.1. The van der Waals surface area contributed by atoms with E-state index in [4.69, 9.17) is 10.5 Å². The van der Waals surface area contributed by atoms with Crippen LogP contribution in [0.3, 0.4) is 0 Å². The van der Waals surface area contributed by atoms with Gasteiger partial charge in [-0.15, -0.1) is 0 Å². The van der Waals surface area contributed by atoms with E-state index in [1.54, 1.807) is 6.33 Å². The van der Waals surface area contributed by atoms with E-state index in [1.807, 2.05) is 11.5 Å². The molecule has 0 radical (unpaired) electrons. The van der Waals surface area contributed by atoms with Gasteiger partial charge in [-0.2, -0.15) is 0 Å². The van der Waals surface area contributed by atoms with Crippen LogP contribution in [-0.2, 0) is 4.74 Å². The number of unbranched alkanes of at least 4 members (excludes halogenated alkanes) is 1. The van der Waals surface area contributed by atoms with Crippen molar-refractivity contribution in [2.45, 2.75) is 51.5 Å². The van der Waals surface area contributed by atoms with Crippen LogP contribution in [0.4, 0.5) is 5.82 Å². The highest BCUT2D eigenvalue weighted by molar-refractivity contribution is 5.81. The molecule has 0 aliphatic carbocycles. The highest BCUT2D eigenvalue weighted by atomic mass is 16.5. The number of anilines is 1. The highest BCUT2D eigenvalue weighted by Crippen LogP contribution is 2.37. The van der Waals surface area contributed by atoms with Crippen LogP contribution in [0.5, 0.6) is 0 Å². The Kier molecular flexibility index (Phi) is 3.77. The van der Waals surface area contributed by atoms with E-state index < -0.39 is 6.10 Å². The molecule has 0 saturated carbocycles. The number of nitrogen functional groups attached to an aromatic ring is 1. The van der Waals surface area contributed by atoms with Crippen molar-refractivity contribution < 1.29 is 9.84 Å². The third-order valence-corrected chi connectivity index (χ3v) is 4.19. The van der Waals surface area contributed by atoms with Gasteiger partial charge in [-0.25, -0.2) is 15.0 Å². The summed E-state index contributed by atoms with van der Waals surface area (Å²) in [6.45, 7) is 4.11. The molecule has 1 aliphatic heterocycles. The SMILES string of the molecule is CCCC[C@H]1O[C@@H](n2cnc3c(N)ncnc32)[C@H](C)[C@@H]1O. The Labute approximate surface area is 123 Å². The Balaban J connectivity index is 1.90. The maximum Gasteiger partial charge on any atom is 0.167 e. The van der Waals surface area contributed by atoms with Crippen molar-refractivity contribution in [2.75, 3.05) is 5.73 Å². The van der Waals surface area contributed by atoms with E-state index in [9.17, 15) is 5.11 Å². The lowest BCUT2D eigenvalue weighted by atomic mass is 9.99. The quantitative estimate of drug-likeness (QED) is 0.885. The summed E-state index contributed by atoms with van der Waals surface area (Å²) in [5, 5.41) is 10.4. The van der Waals surface area contributed by atoms with E-state index in [0.29, 0.717) is 17.0 Å². The molecular weight excluding hydrogens is 270 g/mol. The average Bonchev–Trinajstić information content (AvgIpc) is 3.02. The number of hydrogen-bond donors (Lipinski definition) is 2. The third-order valence-electron chi connectivity index (χ3n) is 4.19. The Morgan fingerprint density at radius 2 is 2.19 bits per heavy atom. The number of aliphatic hydroxyl groups excluding tert-OH is 1. The van der Waals surface area contributed by atoms with Crippen molar-refractivity contribution in [3.8, 4) is 0 Å². The number of hydrogen-bond acceptors (Lipinski definition) is 6. The first-order valence-electron chi connectivity index (χ1n) is 7.40. The lowest BCUT2D eigenvalue weighted by Crippen LogP contribution is -2.25. The summed E-state index contributed by atoms with van der Waals surface area (Å²) in [5.41, 5.74) is 7.02. The van der Waals surface area contributed by atoms with Gasteiger partial charge in [-0.05, 0) is 6.42 Å². The summed E-state index contributed by atoms with van der Waals surface area (Å²) in [6.07, 6.45) is 5.18. The number of ether oxygens (including phenoxy) is 1. The molecule has 0 aromatic carbocycles. The van der Waals surface area contributed by atoms with Gasteiger partial charge in [0.1, 0.15) is 18.1 Å². The molecule has 1 aliphatic rings. The van der Waals surface area contributed by atoms with Crippen LogP contribution < -0.4 is 5.73 Å². The first-order valence-corrected chi connectivity index (χ1v) is 7.40. The predicted molar refractivity (Wildman–Crippen MR) is 78.3 cm³/mol. The van der Waals surface area contributed by atoms with Crippen molar-refractivity contribution in [3.05, 3.63) is 12.7 Å². The van der Waals surface area contributed by atoms with Crippen LogP contribution in [-0.4, -0.2) is 36.8 Å². The molecule has 7 nitrogen and oxygen atoms in total. The van der Waals surface area contributed by atoms with E-state index in [-0.39, 0.29) is 18.2 Å². The Morgan fingerprint density at radius 1 is 1.38 bits per heavy atom. The fourth-order valence-corrected chi connectivity index (χ4v) is 2.91. The largest absolute Gasteiger partial charge is 0.390 e. The maximum absolute atomic E-state index is 10.4. The molecule has 3 N–H and O–H groups in total. The summed E-state index contributed by atoms with van der Waals surface area (Å²) in [6, 6.07) is 0. The number of aliphatic hydroxyl groups is 1. The van der Waals surface area contributed by atoms with Gasteiger partial charge in [0.05, 0.1) is 18.5 Å². The Hall–Kier alpha value is -1.73. The second-order valence-electron chi connectivity index (χ2n) is 5.64. The van der Waals surface area contributed by atoms with Crippen molar-refractivity contribution in [1.29, 1.82) is 0 Å². The molecule has 21 heavy (non-hydrogen) atoms. The highest BCUT2D eigenvalue weighted by Gasteiger charge is 2.41. The zero-order chi connectivity index (χ0) is 15.0. The number of nitrogens with two attached hydrogens (primary N) is 1. The predicted octanol–water partition coefficient (Wildman–Crippen LogP) is 1.49. The number of aromatic nitrogens is 4. The second-order valence-corrected chi connectivity index (χ2v) is 5.64. The third kappa shape index (κ3) is 2.36. The topological polar surface area (TPSA) is 99.1 Å². The van der Waals surface area contributed by atoms with Gasteiger partial charge in [0, 0.05) is 5.92 Å². The Morgan fingerprint density at radius 3 is 2.95 bits per heavy atom.